The van der Waals surface area contributed by atoms with Crippen molar-refractivity contribution in [1.82, 2.24) is 4.90 Å². The molecule has 2 aliphatic rings. The topological polar surface area (TPSA) is 20.3 Å². The molecule has 2 rings (SSSR count). The van der Waals surface area contributed by atoms with Gasteiger partial charge in [0.1, 0.15) is 0 Å². The van der Waals surface area contributed by atoms with Gasteiger partial charge in [0.2, 0.25) is 5.91 Å². The van der Waals surface area contributed by atoms with Gasteiger partial charge < -0.3 is 4.90 Å². The molecular formula is C12H21NO. The summed E-state index contributed by atoms with van der Waals surface area (Å²) in [4.78, 5) is 13.4. The van der Waals surface area contributed by atoms with Gasteiger partial charge in [-0.2, -0.15) is 0 Å². The molecule has 2 nitrogen and oxygen atoms in total. The molecule has 0 unspecified atom stereocenters. The second-order valence-corrected chi connectivity index (χ2v) is 4.78. The van der Waals surface area contributed by atoms with Crippen LogP contribution in [0.5, 0.6) is 0 Å². The Kier molecular flexibility index (Phi) is 3.44. The summed E-state index contributed by atoms with van der Waals surface area (Å²) in [5, 5.41) is 0. The van der Waals surface area contributed by atoms with Crippen LogP contribution in [0.3, 0.4) is 0 Å². The maximum Gasteiger partial charge on any atom is 0.222 e. The molecule has 0 atom stereocenters. The third-order valence-corrected chi connectivity index (χ3v) is 3.70. The largest absolute Gasteiger partial charge is 0.343 e. The van der Waals surface area contributed by atoms with E-state index in [9.17, 15) is 4.79 Å². The van der Waals surface area contributed by atoms with Gasteiger partial charge in [-0.05, 0) is 18.8 Å². The summed E-state index contributed by atoms with van der Waals surface area (Å²) in [6.07, 6.45) is 10.2. The minimum absolute atomic E-state index is 0.390. The number of carbonyl (C=O) groups is 1. The van der Waals surface area contributed by atoms with Gasteiger partial charge in [0.15, 0.2) is 0 Å². The zero-order chi connectivity index (χ0) is 9.80. The summed E-state index contributed by atoms with van der Waals surface area (Å²) < 4.78 is 0. The van der Waals surface area contributed by atoms with Gasteiger partial charge in [-0.1, -0.05) is 32.1 Å². The van der Waals surface area contributed by atoms with E-state index in [0.717, 1.165) is 31.8 Å². The maximum atomic E-state index is 11.4. The highest BCUT2D eigenvalue weighted by atomic mass is 16.2. The molecule has 1 saturated carbocycles. The van der Waals surface area contributed by atoms with E-state index in [2.05, 4.69) is 4.90 Å². The number of hydrogen-bond donors (Lipinski definition) is 0. The monoisotopic (exact) mass is 195 g/mol. The summed E-state index contributed by atoms with van der Waals surface area (Å²) in [5.74, 6) is 1.30. The number of rotatable bonds is 3. The van der Waals surface area contributed by atoms with Crippen LogP contribution in [0.15, 0.2) is 0 Å². The number of amides is 1. The van der Waals surface area contributed by atoms with Gasteiger partial charge in [0.25, 0.3) is 0 Å². The van der Waals surface area contributed by atoms with Crippen molar-refractivity contribution in [3.63, 3.8) is 0 Å². The predicted molar refractivity (Wildman–Crippen MR) is 57.0 cm³/mol. The molecule has 0 aromatic rings. The van der Waals surface area contributed by atoms with Crippen LogP contribution in [0.25, 0.3) is 0 Å². The number of likely N-dealkylation sites (tertiary alicyclic amines) is 1. The Morgan fingerprint density at radius 2 is 1.93 bits per heavy atom. The second-order valence-electron chi connectivity index (χ2n) is 4.78. The van der Waals surface area contributed by atoms with Crippen molar-refractivity contribution in [2.75, 3.05) is 13.1 Å². The molecule has 1 aliphatic carbocycles. The van der Waals surface area contributed by atoms with Crippen molar-refractivity contribution in [3.8, 4) is 0 Å². The Bertz CT molecular complexity index is 196. The first-order valence-corrected chi connectivity index (χ1v) is 6.14. The molecule has 1 amide bonds. The highest BCUT2D eigenvalue weighted by molar-refractivity contribution is 5.77. The molecule has 1 heterocycles. The Morgan fingerprint density at radius 1 is 1.14 bits per heavy atom. The fourth-order valence-corrected chi connectivity index (χ4v) is 2.75. The summed E-state index contributed by atoms with van der Waals surface area (Å²) in [6, 6.07) is 0. The zero-order valence-electron chi connectivity index (χ0n) is 9.00. The van der Waals surface area contributed by atoms with Crippen LogP contribution in [0.4, 0.5) is 0 Å². The van der Waals surface area contributed by atoms with Crippen LogP contribution >= 0.6 is 0 Å². The van der Waals surface area contributed by atoms with Crippen LogP contribution in [-0.2, 0) is 4.79 Å². The van der Waals surface area contributed by atoms with Crippen molar-refractivity contribution in [2.24, 2.45) is 5.92 Å². The molecule has 0 radical (unpaired) electrons. The van der Waals surface area contributed by atoms with Crippen molar-refractivity contribution in [3.05, 3.63) is 0 Å². The predicted octanol–water partition coefficient (Wildman–Crippen LogP) is 2.58. The molecule has 1 aliphatic heterocycles. The van der Waals surface area contributed by atoms with Gasteiger partial charge in [0, 0.05) is 19.5 Å². The van der Waals surface area contributed by atoms with E-state index in [1.807, 2.05) is 0 Å². The summed E-state index contributed by atoms with van der Waals surface area (Å²) >= 11 is 0. The van der Waals surface area contributed by atoms with Crippen molar-refractivity contribution >= 4 is 5.91 Å². The molecule has 0 aromatic heterocycles. The number of nitrogens with zero attached hydrogens (tertiary/aromatic N) is 1. The third kappa shape index (κ3) is 2.49. The standard InChI is InChI=1S/C12H21NO/c14-12-7-4-9-13(12)10-8-11-5-2-1-3-6-11/h11H,1-10H2. The highest BCUT2D eigenvalue weighted by Crippen LogP contribution is 2.26. The number of hydrogen-bond acceptors (Lipinski definition) is 1. The van der Waals surface area contributed by atoms with Crippen LogP contribution in [-0.4, -0.2) is 23.9 Å². The van der Waals surface area contributed by atoms with Crippen LogP contribution in [0.2, 0.25) is 0 Å². The second kappa shape index (κ2) is 4.81. The Hall–Kier alpha value is -0.530. The fourth-order valence-electron chi connectivity index (χ4n) is 2.75. The molecule has 0 aromatic carbocycles. The molecular weight excluding hydrogens is 174 g/mol. The van der Waals surface area contributed by atoms with Crippen LogP contribution in [0.1, 0.15) is 51.4 Å². The fraction of sp³-hybridized carbons (Fsp3) is 0.917. The van der Waals surface area contributed by atoms with Crippen molar-refractivity contribution in [1.29, 1.82) is 0 Å². The van der Waals surface area contributed by atoms with E-state index in [4.69, 9.17) is 0 Å². The van der Waals surface area contributed by atoms with Crippen LogP contribution < -0.4 is 0 Å². The third-order valence-electron chi connectivity index (χ3n) is 3.70. The van der Waals surface area contributed by atoms with Gasteiger partial charge >= 0.3 is 0 Å². The van der Waals surface area contributed by atoms with E-state index in [-0.39, 0.29) is 0 Å². The maximum absolute atomic E-state index is 11.4. The molecule has 1 saturated heterocycles. The van der Waals surface area contributed by atoms with Crippen LogP contribution in [0, 0.1) is 5.92 Å². The van der Waals surface area contributed by atoms with Gasteiger partial charge in [-0.15, -0.1) is 0 Å². The summed E-state index contributed by atoms with van der Waals surface area (Å²) in [6.45, 7) is 2.05. The molecule has 2 fully saturated rings. The van der Waals surface area contributed by atoms with Gasteiger partial charge in [-0.25, -0.2) is 0 Å². The molecule has 2 heteroatoms. The lowest BCUT2D eigenvalue weighted by Gasteiger charge is -2.24. The van der Waals surface area contributed by atoms with E-state index in [1.54, 1.807) is 0 Å². The zero-order valence-corrected chi connectivity index (χ0v) is 9.00. The van der Waals surface area contributed by atoms with E-state index >= 15 is 0 Å². The first kappa shape index (κ1) is 10.0. The van der Waals surface area contributed by atoms with E-state index in [1.165, 1.54) is 38.5 Å². The molecule has 0 spiro atoms. The Balaban J connectivity index is 1.68. The molecule has 14 heavy (non-hydrogen) atoms. The van der Waals surface area contributed by atoms with E-state index in [0.29, 0.717) is 5.91 Å². The van der Waals surface area contributed by atoms with Gasteiger partial charge in [-0.3, -0.25) is 4.79 Å². The molecule has 80 valence electrons. The molecule has 0 N–H and O–H groups in total. The highest BCUT2D eigenvalue weighted by Gasteiger charge is 2.21. The molecule has 0 bridgehead atoms. The van der Waals surface area contributed by atoms with E-state index < -0.39 is 0 Å². The average Bonchev–Trinajstić information content (AvgIpc) is 2.63. The normalized spacial score (nSPS) is 24.6. The smallest absolute Gasteiger partial charge is 0.222 e. The average molecular weight is 195 g/mol. The summed E-state index contributed by atoms with van der Waals surface area (Å²) in [5.41, 5.74) is 0. The first-order chi connectivity index (χ1) is 6.86. The lowest BCUT2D eigenvalue weighted by Crippen LogP contribution is -2.27. The van der Waals surface area contributed by atoms with Gasteiger partial charge in [0.05, 0.1) is 0 Å². The minimum atomic E-state index is 0.390. The van der Waals surface area contributed by atoms with Crippen molar-refractivity contribution in [2.45, 2.75) is 51.4 Å². The lowest BCUT2D eigenvalue weighted by atomic mass is 9.87. The SMILES string of the molecule is O=C1CCCN1CCC1CCCCC1. The van der Waals surface area contributed by atoms with Crippen molar-refractivity contribution < 1.29 is 4.79 Å². The Morgan fingerprint density at radius 3 is 2.57 bits per heavy atom. The number of carbonyl (C=O) groups excluding carboxylic acids is 1. The Labute approximate surface area is 86.7 Å². The lowest BCUT2D eigenvalue weighted by molar-refractivity contribution is -0.127. The minimum Gasteiger partial charge on any atom is -0.343 e. The summed E-state index contributed by atoms with van der Waals surface area (Å²) in [7, 11) is 0. The quantitative estimate of drug-likeness (QED) is 0.678. The first-order valence-electron chi connectivity index (χ1n) is 6.14.